The number of sulfonamides is 1. The molecule has 0 spiro atoms. The van der Waals surface area contributed by atoms with Crippen LogP contribution >= 0.6 is 0 Å². The minimum atomic E-state index is -4.64. The van der Waals surface area contributed by atoms with Gasteiger partial charge in [-0.25, -0.2) is 13.4 Å². The lowest BCUT2D eigenvalue weighted by atomic mass is 10.2. The average Bonchev–Trinajstić information content (AvgIpc) is 2.62. The molecule has 0 fully saturated rings. The molecule has 0 atom stereocenters. The second kappa shape index (κ2) is 6.71. The van der Waals surface area contributed by atoms with E-state index in [4.69, 9.17) is 0 Å². The summed E-state index contributed by atoms with van der Waals surface area (Å²) in [4.78, 5) is 11.5. The molecule has 26 heavy (non-hydrogen) atoms. The Morgan fingerprint density at radius 1 is 0.962 bits per heavy atom. The van der Waals surface area contributed by atoms with E-state index in [0.29, 0.717) is 17.3 Å². The SMILES string of the molecule is O=S(=O)(Nc1ccc(-c2cnccn2)cn1)c1cccc(C(F)(F)F)c1. The van der Waals surface area contributed by atoms with E-state index in [1.165, 1.54) is 30.9 Å². The fraction of sp³-hybridized carbons (Fsp3) is 0.0625. The number of aromatic nitrogens is 3. The van der Waals surface area contributed by atoms with Crippen LogP contribution in [0.15, 0.2) is 66.1 Å². The van der Waals surface area contributed by atoms with Gasteiger partial charge in [0.15, 0.2) is 0 Å². The van der Waals surface area contributed by atoms with Crippen LogP contribution < -0.4 is 4.72 Å². The van der Waals surface area contributed by atoms with E-state index in [1.807, 2.05) is 0 Å². The van der Waals surface area contributed by atoms with E-state index in [0.717, 1.165) is 18.2 Å². The number of hydrogen-bond acceptors (Lipinski definition) is 5. The summed E-state index contributed by atoms with van der Waals surface area (Å²) in [5.74, 6) is -0.0324. The van der Waals surface area contributed by atoms with E-state index in [1.54, 1.807) is 6.07 Å². The molecule has 0 bridgehead atoms. The highest BCUT2D eigenvalue weighted by Crippen LogP contribution is 2.30. The molecule has 3 rings (SSSR count). The van der Waals surface area contributed by atoms with Crippen LogP contribution in [0.5, 0.6) is 0 Å². The van der Waals surface area contributed by atoms with Crippen molar-refractivity contribution in [1.29, 1.82) is 0 Å². The standard InChI is InChI=1S/C16H11F3N4O2S/c17-16(18,19)12-2-1-3-13(8-12)26(24,25)23-15-5-4-11(9-22-15)14-10-20-6-7-21-14/h1-10H,(H,22,23). The number of nitrogens with one attached hydrogen (secondary N) is 1. The molecule has 0 radical (unpaired) electrons. The lowest BCUT2D eigenvalue weighted by Gasteiger charge is -2.11. The van der Waals surface area contributed by atoms with Gasteiger partial charge in [-0.05, 0) is 30.3 Å². The Morgan fingerprint density at radius 2 is 1.77 bits per heavy atom. The Balaban J connectivity index is 1.84. The smallest absolute Gasteiger partial charge is 0.263 e. The summed E-state index contributed by atoms with van der Waals surface area (Å²) in [6, 6.07) is 6.42. The van der Waals surface area contributed by atoms with Gasteiger partial charge in [0, 0.05) is 24.2 Å². The van der Waals surface area contributed by atoms with Gasteiger partial charge in [-0.3, -0.25) is 14.7 Å². The number of halogens is 3. The number of hydrogen-bond donors (Lipinski definition) is 1. The van der Waals surface area contributed by atoms with E-state index in [9.17, 15) is 21.6 Å². The van der Waals surface area contributed by atoms with Crippen molar-refractivity contribution in [3.05, 3.63) is 66.7 Å². The molecule has 0 unspecified atom stereocenters. The molecule has 0 aliphatic rings. The maximum atomic E-state index is 12.7. The summed E-state index contributed by atoms with van der Waals surface area (Å²) >= 11 is 0. The molecular formula is C16H11F3N4O2S. The lowest BCUT2D eigenvalue weighted by molar-refractivity contribution is -0.137. The molecule has 0 aliphatic heterocycles. The molecule has 10 heteroatoms. The van der Waals surface area contributed by atoms with E-state index in [-0.39, 0.29) is 5.82 Å². The van der Waals surface area contributed by atoms with Crippen molar-refractivity contribution in [3.63, 3.8) is 0 Å². The first-order valence-electron chi connectivity index (χ1n) is 7.18. The molecule has 0 amide bonds. The Kier molecular flexibility index (Phi) is 4.60. The van der Waals surface area contributed by atoms with Crippen LogP contribution in [0.2, 0.25) is 0 Å². The first-order chi connectivity index (χ1) is 12.3. The van der Waals surface area contributed by atoms with Gasteiger partial charge in [0.25, 0.3) is 10.0 Å². The zero-order chi connectivity index (χ0) is 18.8. The Morgan fingerprint density at radius 3 is 2.38 bits per heavy atom. The van der Waals surface area contributed by atoms with Gasteiger partial charge in [-0.1, -0.05) is 6.07 Å². The Hall–Kier alpha value is -3.01. The van der Waals surface area contributed by atoms with Gasteiger partial charge >= 0.3 is 6.18 Å². The summed E-state index contributed by atoms with van der Waals surface area (Å²) in [7, 11) is -4.21. The third kappa shape index (κ3) is 3.97. The molecular weight excluding hydrogens is 369 g/mol. The third-order valence-electron chi connectivity index (χ3n) is 3.33. The lowest BCUT2D eigenvalue weighted by Crippen LogP contribution is -2.15. The van der Waals surface area contributed by atoms with Crippen LogP contribution in [0.25, 0.3) is 11.3 Å². The van der Waals surface area contributed by atoms with Gasteiger partial charge < -0.3 is 0 Å². The second-order valence-electron chi connectivity index (χ2n) is 5.15. The van der Waals surface area contributed by atoms with Crippen molar-refractivity contribution in [2.45, 2.75) is 11.1 Å². The molecule has 2 heterocycles. The van der Waals surface area contributed by atoms with Gasteiger partial charge in [0.2, 0.25) is 0 Å². The predicted molar refractivity (Wildman–Crippen MR) is 87.5 cm³/mol. The number of benzene rings is 1. The molecule has 0 aliphatic carbocycles. The maximum absolute atomic E-state index is 12.7. The van der Waals surface area contributed by atoms with Crippen molar-refractivity contribution in [2.24, 2.45) is 0 Å². The van der Waals surface area contributed by atoms with Crippen LogP contribution in [0.1, 0.15) is 5.56 Å². The molecule has 1 N–H and O–H groups in total. The average molecular weight is 380 g/mol. The van der Waals surface area contributed by atoms with Crippen LogP contribution in [-0.2, 0) is 16.2 Å². The summed E-state index contributed by atoms with van der Waals surface area (Å²) in [6.45, 7) is 0. The Labute approximate surface area is 146 Å². The first-order valence-corrected chi connectivity index (χ1v) is 8.66. The van der Waals surface area contributed by atoms with Gasteiger partial charge in [0.05, 0.1) is 22.3 Å². The number of nitrogens with zero attached hydrogens (tertiary/aromatic N) is 3. The van der Waals surface area contributed by atoms with Crippen LogP contribution in [0.4, 0.5) is 19.0 Å². The topological polar surface area (TPSA) is 84.8 Å². The fourth-order valence-electron chi connectivity index (χ4n) is 2.09. The number of anilines is 1. The first kappa shape index (κ1) is 17.8. The monoisotopic (exact) mass is 380 g/mol. The van der Waals surface area contributed by atoms with Crippen molar-refractivity contribution in [3.8, 4) is 11.3 Å². The highest BCUT2D eigenvalue weighted by Gasteiger charge is 2.31. The Bertz CT molecular complexity index is 1010. The van der Waals surface area contributed by atoms with Crippen LogP contribution in [0, 0.1) is 0 Å². The van der Waals surface area contributed by atoms with Crippen LogP contribution in [-0.4, -0.2) is 23.4 Å². The van der Waals surface area contributed by atoms with E-state index >= 15 is 0 Å². The second-order valence-corrected chi connectivity index (χ2v) is 6.84. The zero-order valence-electron chi connectivity index (χ0n) is 13.0. The van der Waals surface area contributed by atoms with Crippen LogP contribution in [0.3, 0.4) is 0 Å². The third-order valence-corrected chi connectivity index (χ3v) is 4.69. The fourth-order valence-corrected chi connectivity index (χ4v) is 3.14. The summed E-state index contributed by atoms with van der Waals surface area (Å²) in [5, 5.41) is 0. The van der Waals surface area contributed by atoms with Crippen molar-refractivity contribution < 1.29 is 21.6 Å². The molecule has 6 nitrogen and oxygen atoms in total. The molecule has 2 aromatic heterocycles. The predicted octanol–water partition coefficient (Wildman–Crippen LogP) is 3.36. The number of alkyl halides is 3. The molecule has 3 aromatic rings. The highest BCUT2D eigenvalue weighted by molar-refractivity contribution is 7.92. The minimum absolute atomic E-state index is 0.0324. The van der Waals surface area contributed by atoms with Gasteiger partial charge in [-0.2, -0.15) is 13.2 Å². The van der Waals surface area contributed by atoms with Crippen molar-refractivity contribution in [2.75, 3.05) is 4.72 Å². The van der Waals surface area contributed by atoms with Crippen molar-refractivity contribution in [1.82, 2.24) is 15.0 Å². The normalized spacial score (nSPS) is 12.0. The molecule has 1 aromatic carbocycles. The number of pyridine rings is 1. The van der Waals surface area contributed by atoms with Gasteiger partial charge in [-0.15, -0.1) is 0 Å². The summed E-state index contributed by atoms with van der Waals surface area (Å²) in [6.07, 6.45) is 1.27. The van der Waals surface area contributed by atoms with Crippen molar-refractivity contribution >= 4 is 15.8 Å². The van der Waals surface area contributed by atoms with Gasteiger partial charge in [0.1, 0.15) is 5.82 Å². The summed E-state index contributed by atoms with van der Waals surface area (Å²) in [5.41, 5.74) is 0.110. The molecule has 0 saturated heterocycles. The minimum Gasteiger partial charge on any atom is -0.263 e. The maximum Gasteiger partial charge on any atom is 0.416 e. The van der Waals surface area contributed by atoms with E-state index in [2.05, 4.69) is 19.7 Å². The quantitative estimate of drug-likeness (QED) is 0.750. The largest absolute Gasteiger partial charge is 0.416 e. The summed E-state index contributed by atoms with van der Waals surface area (Å²) < 4.78 is 65.0. The highest BCUT2D eigenvalue weighted by atomic mass is 32.2. The zero-order valence-corrected chi connectivity index (χ0v) is 13.8. The number of rotatable bonds is 4. The van der Waals surface area contributed by atoms with E-state index < -0.39 is 26.7 Å². The molecule has 134 valence electrons. The molecule has 0 saturated carbocycles.